The van der Waals surface area contributed by atoms with E-state index < -0.39 is 22.0 Å². The van der Waals surface area contributed by atoms with Crippen molar-refractivity contribution >= 4 is 44.8 Å². The predicted molar refractivity (Wildman–Crippen MR) is 122 cm³/mol. The third-order valence-corrected chi connectivity index (χ3v) is 6.77. The number of carbonyl (C=O) groups is 1. The molecule has 6 nitrogen and oxygen atoms in total. The molecule has 0 radical (unpaired) electrons. The maximum atomic E-state index is 13.0. The van der Waals surface area contributed by atoms with Gasteiger partial charge in [0.1, 0.15) is 11.8 Å². The lowest BCUT2D eigenvalue weighted by Gasteiger charge is -2.30. The predicted octanol–water partition coefficient (Wildman–Crippen LogP) is 4.73. The second-order valence-corrected chi connectivity index (χ2v) is 9.71. The van der Waals surface area contributed by atoms with Crippen molar-refractivity contribution in [2.45, 2.75) is 39.3 Å². The largest absolute Gasteiger partial charge is 0.496 e. The average molecular weight is 473 g/mol. The highest BCUT2D eigenvalue weighted by Gasteiger charge is 2.30. The van der Waals surface area contributed by atoms with Gasteiger partial charge in [-0.15, -0.1) is 0 Å². The van der Waals surface area contributed by atoms with Crippen molar-refractivity contribution in [2.24, 2.45) is 0 Å². The fourth-order valence-electron chi connectivity index (χ4n) is 3.26. The SMILES string of the molecule is CC[C@@H](NC(=O)[C@H](C)N(c1ccc(Cl)c(Cl)c1)S(C)(=O)=O)c1ccc(OC)c(C)c1. The standard InChI is InChI=1S/C21H26Cl2N2O4S/c1-6-19(15-7-10-20(29-4)13(2)11-15)24-21(26)14(3)25(30(5,27)28)16-8-9-17(22)18(23)12-16/h7-12,14,19H,6H2,1-5H3,(H,24,26)/t14-,19+/m0/s1. The van der Waals surface area contributed by atoms with Crippen LogP contribution in [0.5, 0.6) is 5.75 Å². The molecule has 0 heterocycles. The first-order chi connectivity index (χ1) is 14.0. The molecule has 0 saturated carbocycles. The molecule has 0 aliphatic heterocycles. The highest BCUT2D eigenvalue weighted by atomic mass is 35.5. The lowest BCUT2D eigenvalue weighted by atomic mass is 10.0. The van der Waals surface area contributed by atoms with Gasteiger partial charge in [0.15, 0.2) is 0 Å². The topological polar surface area (TPSA) is 75.7 Å². The van der Waals surface area contributed by atoms with Gasteiger partial charge in [-0.05, 0) is 55.7 Å². The van der Waals surface area contributed by atoms with E-state index >= 15 is 0 Å². The van der Waals surface area contributed by atoms with E-state index in [0.717, 1.165) is 27.4 Å². The van der Waals surface area contributed by atoms with Gasteiger partial charge in [-0.2, -0.15) is 0 Å². The van der Waals surface area contributed by atoms with Crippen LogP contribution < -0.4 is 14.4 Å². The highest BCUT2D eigenvalue weighted by Crippen LogP contribution is 2.30. The van der Waals surface area contributed by atoms with Crippen LogP contribution in [0, 0.1) is 6.92 Å². The summed E-state index contributed by atoms with van der Waals surface area (Å²) >= 11 is 12.0. The van der Waals surface area contributed by atoms with Crippen LogP contribution in [-0.2, 0) is 14.8 Å². The van der Waals surface area contributed by atoms with E-state index in [9.17, 15) is 13.2 Å². The lowest BCUT2D eigenvalue weighted by molar-refractivity contribution is -0.122. The first-order valence-corrected chi connectivity index (χ1v) is 12.0. The van der Waals surface area contributed by atoms with E-state index in [1.165, 1.54) is 25.1 Å². The number of anilines is 1. The van der Waals surface area contributed by atoms with Gasteiger partial charge in [-0.3, -0.25) is 9.10 Å². The monoisotopic (exact) mass is 472 g/mol. The molecule has 0 aliphatic rings. The number of sulfonamides is 1. The van der Waals surface area contributed by atoms with E-state index in [2.05, 4.69) is 5.32 Å². The molecule has 0 aromatic heterocycles. The molecular formula is C21H26Cl2N2O4S. The number of methoxy groups -OCH3 is 1. The van der Waals surface area contributed by atoms with E-state index in [4.69, 9.17) is 27.9 Å². The van der Waals surface area contributed by atoms with Crippen LogP contribution in [0.15, 0.2) is 36.4 Å². The quantitative estimate of drug-likeness (QED) is 0.602. The Labute approximate surface area is 188 Å². The van der Waals surface area contributed by atoms with E-state index in [1.54, 1.807) is 7.11 Å². The maximum Gasteiger partial charge on any atom is 0.244 e. The Kier molecular flexibility index (Phi) is 8.02. The fourth-order valence-corrected chi connectivity index (χ4v) is 4.72. The first-order valence-electron chi connectivity index (χ1n) is 9.39. The molecule has 0 bridgehead atoms. The number of halogens is 2. The molecule has 2 aromatic rings. The number of aryl methyl sites for hydroxylation is 1. The molecule has 0 fully saturated rings. The van der Waals surface area contributed by atoms with Gasteiger partial charge < -0.3 is 10.1 Å². The smallest absolute Gasteiger partial charge is 0.244 e. The summed E-state index contributed by atoms with van der Waals surface area (Å²) in [5, 5.41) is 3.45. The molecule has 164 valence electrons. The van der Waals surface area contributed by atoms with Crippen molar-refractivity contribution in [3.63, 3.8) is 0 Å². The van der Waals surface area contributed by atoms with Crippen molar-refractivity contribution in [1.29, 1.82) is 0 Å². The number of hydrogen-bond donors (Lipinski definition) is 1. The number of nitrogens with one attached hydrogen (secondary N) is 1. The number of benzene rings is 2. The summed E-state index contributed by atoms with van der Waals surface area (Å²) in [5.74, 6) is 0.336. The summed E-state index contributed by atoms with van der Waals surface area (Å²) < 4.78 is 31.3. The van der Waals surface area contributed by atoms with Crippen LogP contribution in [0.2, 0.25) is 10.0 Å². The van der Waals surface area contributed by atoms with Crippen LogP contribution in [0.3, 0.4) is 0 Å². The Morgan fingerprint density at radius 2 is 1.83 bits per heavy atom. The Morgan fingerprint density at radius 1 is 1.17 bits per heavy atom. The van der Waals surface area contributed by atoms with Gasteiger partial charge in [-0.25, -0.2) is 8.42 Å². The van der Waals surface area contributed by atoms with Crippen LogP contribution in [0.4, 0.5) is 5.69 Å². The zero-order valence-corrected chi connectivity index (χ0v) is 19.9. The van der Waals surface area contributed by atoms with Crippen molar-refractivity contribution < 1.29 is 17.9 Å². The molecule has 1 N–H and O–H groups in total. The van der Waals surface area contributed by atoms with E-state index in [0.29, 0.717) is 11.4 Å². The third-order valence-electron chi connectivity index (χ3n) is 4.79. The van der Waals surface area contributed by atoms with E-state index in [1.807, 2.05) is 32.0 Å². The molecule has 30 heavy (non-hydrogen) atoms. The summed E-state index contributed by atoms with van der Waals surface area (Å²) in [6.07, 6.45) is 1.68. The molecular weight excluding hydrogens is 447 g/mol. The molecule has 0 spiro atoms. The number of hydrogen-bond acceptors (Lipinski definition) is 4. The zero-order chi connectivity index (χ0) is 22.6. The van der Waals surface area contributed by atoms with Crippen LogP contribution >= 0.6 is 23.2 Å². The lowest BCUT2D eigenvalue weighted by Crippen LogP contribution is -2.48. The number of rotatable bonds is 8. The summed E-state index contributed by atoms with van der Waals surface area (Å²) in [4.78, 5) is 13.0. The van der Waals surface area contributed by atoms with Crippen LogP contribution in [-0.4, -0.2) is 33.7 Å². The summed E-state index contributed by atoms with van der Waals surface area (Å²) in [6.45, 7) is 5.41. The molecule has 0 aliphatic carbocycles. The number of carbonyl (C=O) groups excluding carboxylic acids is 1. The molecule has 2 rings (SSSR count). The summed E-state index contributed by atoms with van der Waals surface area (Å²) in [6, 6.07) is 8.86. The normalized spacial score (nSPS) is 13.4. The van der Waals surface area contributed by atoms with E-state index in [-0.39, 0.29) is 16.8 Å². The van der Waals surface area contributed by atoms with Gasteiger partial charge in [0.2, 0.25) is 15.9 Å². The van der Waals surface area contributed by atoms with Crippen LogP contribution in [0.25, 0.3) is 0 Å². The number of nitrogens with zero attached hydrogens (tertiary/aromatic N) is 1. The van der Waals surface area contributed by atoms with Gasteiger partial charge >= 0.3 is 0 Å². The maximum absolute atomic E-state index is 13.0. The minimum absolute atomic E-state index is 0.204. The van der Waals surface area contributed by atoms with Crippen molar-refractivity contribution in [1.82, 2.24) is 5.32 Å². The van der Waals surface area contributed by atoms with Gasteiger partial charge in [0.05, 0.1) is 35.1 Å². The average Bonchev–Trinajstić information content (AvgIpc) is 2.67. The minimum atomic E-state index is -3.76. The second-order valence-electron chi connectivity index (χ2n) is 7.03. The highest BCUT2D eigenvalue weighted by molar-refractivity contribution is 7.92. The first kappa shape index (κ1) is 24.3. The Balaban J connectivity index is 2.31. The Bertz CT molecular complexity index is 1030. The second kappa shape index (κ2) is 9.90. The van der Waals surface area contributed by atoms with Gasteiger partial charge in [-0.1, -0.05) is 42.3 Å². The summed E-state index contributed by atoms with van der Waals surface area (Å²) in [5.41, 5.74) is 2.13. The molecule has 2 aromatic carbocycles. The van der Waals surface area contributed by atoms with Crippen LogP contribution in [0.1, 0.15) is 37.4 Å². The van der Waals surface area contributed by atoms with Crippen molar-refractivity contribution in [3.8, 4) is 5.75 Å². The van der Waals surface area contributed by atoms with Crippen molar-refractivity contribution in [2.75, 3.05) is 17.7 Å². The number of amides is 1. The zero-order valence-electron chi connectivity index (χ0n) is 17.6. The van der Waals surface area contributed by atoms with Gasteiger partial charge in [0.25, 0.3) is 0 Å². The Morgan fingerprint density at radius 3 is 2.33 bits per heavy atom. The fraction of sp³-hybridized carbons (Fsp3) is 0.381. The summed E-state index contributed by atoms with van der Waals surface area (Å²) in [7, 11) is -2.16. The van der Waals surface area contributed by atoms with Gasteiger partial charge in [0, 0.05) is 0 Å². The molecule has 2 atom stereocenters. The Hall–Kier alpha value is -1.96. The molecule has 1 amide bonds. The molecule has 9 heteroatoms. The molecule has 0 saturated heterocycles. The minimum Gasteiger partial charge on any atom is -0.496 e. The van der Waals surface area contributed by atoms with Crippen molar-refractivity contribution in [3.05, 3.63) is 57.6 Å². The number of ether oxygens (including phenoxy) is 1. The molecule has 0 unspecified atom stereocenters. The third kappa shape index (κ3) is 5.59.